The molecule has 2 N–H and O–H groups in total. The molecule has 5 heteroatoms. The summed E-state index contributed by atoms with van der Waals surface area (Å²) in [5.41, 5.74) is 1.89. The van der Waals surface area contributed by atoms with Crippen LogP contribution < -0.4 is 10.1 Å². The number of aliphatic hydroxyl groups excluding tert-OH is 1. The molecule has 1 aromatic carbocycles. The molecule has 0 aliphatic carbocycles. The molecule has 1 aromatic heterocycles. The minimum Gasteiger partial charge on any atom is -0.497 e. The van der Waals surface area contributed by atoms with Crippen LogP contribution in [-0.4, -0.2) is 23.7 Å². The zero-order chi connectivity index (χ0) is 13.7. The normalized spacial score (nSPS) is 12.4. The summed E-state index contributed by atoms with van der Waals surface area (Å²) in [5, 5.41) is 16.4. The Kier molecular flexibility index (Phi) is 4.90. The van der Waals surface area contributed by atoms with Gasteiger partial charge in [0.05, 0.1) is 13.2 Å². The van der Waals surface area contributed by atoms with E-state index in [0.717, 1.165) is 22.0 Å². The van der Waals surface area contributed by atoms with Gasteiger partial charge < -0.3 is 15.2 Å². The van der Waals surface area contributed by atoms with E-state index in [1.54, 1.807) is 18.4 Å². The van der Waals surface area contributed by atoms with Crippen LogP contribution >= 0.6 is 11.3 Å². The van der Waals surface area contributed by atoms with Crippen LogP contribution in [0.1, 0.15) is 22.4 Å². The highest BCUT2D eigenvalue weighted by Crippen LogP contribution is 2.18. The summed E-state index contributed by atoms with van der Waals surface area (Å²) >= 11 is 1.63. The molecule has 1 unspecified atom stereocenters. The highest BCUT2D eigenvalue weighted by Gasteiger charge is 2.08. The molecule has 2 rings (SSSR count). The molecule has 0 saturated carbocycles. The van der Waals surface area contributed by atoms with Crippen molar-refractivity contribution < 1.29 is 9.84 Å². The summed E-state index contributed by atoms with van der Waals surface area (Å²) in [6.07, 6.45) is -0.545. The maximum absolute atomic E-state index is 10.1. The smallest absolute Gasteiger partial charge is 0.119 e. The van der Waals surface area contributed by atoms with Crippen LogP contribution in [0.5, 0.6) is 5.75 Å². The van der Waals surface area contributed by atoms with Crippen molar-refractivity contribution in [3.63, 3.8) is 0 Å². The number of methoxy groups -OCH3 is 1. The third kappa shape index (κ3) is 4.02. The molecule has 19 heavy (non-hydrogen) atoms. The molecule has 4 nitrogen and oxygen atoms in total. The summed E-state index contributed by atoms with van der Waals surface area (Å²) in [7, 11) is 1.62. The van der Waals surface area contributed by atoms with Crippen molar-refractivity contribution in [3.8, 4) is 5.75 Å². The first-order valence-electron chi connectivity index (χ1n) is 6.13. The van der Waals surface area contributed by atoms with Crippen molar-refractivity contribution in [2.75, 3.05) is 13.7 Å². The molecule has 1 heterocycles. The number of rotatable bonds is 6. The van der Waals surface area contributed by atoms with Crippen LogP contribution in [0, 0.1) is 6.92 Å². The lowest BCUT2D eigenvalue weighted by atomic mass is 10.1. The van der Waals surface area contributed by atoms with Gasteiger partial charge in [0.1, 0.15) is 10.8 Å². The molecule has 102 valence electrons. The predicted octanol–water partition coefficient (Wildman–Crippen LogP) is 2.28. The molecule has 0 saturated heterocycles. The summed E-state index contributed by atoms with van der Waals surface area (Å²) < 4.78 is 5.14. The van der Waals surface area contributed by atoms with E-state index >= 15 is 0 Å². The van der Waals surface area contributed by atoms with E-state index in [0.29, 0.717) is 13.1 Å². The second kappa shape index (κ2) is 6.65. The van der Waals surface area contributed by atoms with Gasteiger partial charge in [-0.25, -0.2) is 4.98 Å². The number of ether oxygens (including phenoxy) is 1. The van der Waals surface area contributed by atoms with Crippen molar-refractivity contribution in [3.05, 3.63) is 45.9 Å². The fourth-order valence-corrected chi connectivity index (χ4v) is 2.51. The lowest BCUT2D eigenvalue weighted by Crippen LogP contribution is -2.21. The highest BCUT2D eigenvalue weighted by molar-refractivity contribution is 7.09. The topological polar surface area (TPSA) is 54.4 Å². The molecule has 0 amide bonds. The first-order valence-corrected chi connectivity index (χ1v) is 7.00. The minimum atomic E-state index is -0.545. The average Bonchev–Trinajstić information content (AvgIpc) is 2.84. The fraction of sp³-hybridized carbons (Fsp3) is 0.357. The second-order valence-corrected chi connectivity index (χ2v) is 5.25. The number of aryl methyl sites for hydroxylation is 1. The molecule has 0 radical (unpaired) electrons. The fourth-order valence-electron chi connectivity index (χ4n) is 1.77. The number of nitrogens with zero attached hydrogens (tertiary/aromatic N) is 1. The Bertz CT molecular complexity index is 528. The molecular weight excluding hydrogens is 260 g/mol. The largest absolute Gasteiger partial charge is 0.497 e. The molecule has 0 aliphatic rings. The Hall–Kier alpha value is -1.43. The van der Waals surface area contributed by atoms with E-state index in [4.69, 9.17) is 4.74 Å². The van der Waals surface area contributed by atoms with E-state index < -0.39 is 6.10 Å². The van der Waals surface area contributed by atoms with E-state index in [2.05, 4.69) is 10.3 Å². The molecule has 0 spiro atoms. The number of benzene rings is 1. The summed E-state index contributed by atoms with van der Waals surface area (Å²) in [4.78, 5) is 4.36. The number of hydrogen-bond donors (Lipinski definition) is 2. The van der Waals surface area contributed by atoms with Crippen molar-refractivity contribution >= 4 is 11.3 Å². The van der Waals surface area contributed by atoms with Crippen molar-refractivity contribution in [2.24, 2.45) is 0 Å². The van der Waals surface area contributed by atoms with Gasteiger partial charge in [0.2, 0.25) is 0 Å². The number of nitrogens with one attached hydrogen (secondary N) is 1. The lowest BCUT2D eigenvalue weighted by Gasteiger charge is -2.12. The highest BCUT2D eigenvalue weighted by atomic mass is 32.1. The monoisotopic (exact) mass is 278 g/mol. The standard InChI is InChI=1S/C14H18N2O2S/c1-10-9-19-14(16-10)8-15-7-13(17)11-4-3-5-12(6-11)18-2/h3-6,9,13,15,17H,7-8H2,1-2H3. The Morgan fingerprint density at radius 2 is 2.32 bits per heavy atom. The van der Waals surface area contributed by atoms with Crippen molar-refractivity contribution in [1.29, 1.82) is 0 Å². The van der Waals surface area contributed by atoms with Gasteiger partial charge in [0, 0.05) is 24.2 Å². The Morgan fingerprint density at radius 1 is 1.47 bits per heavy atom. The third-order valence-corrected chi connectivity index (χ3v) is 3.73. The number of thiazole rings is 1. The molecule has 0 fully saturated rings. The molecule has 0 aliphatic heterocycles. The number of aromatic nitrogens is 1. The molecule has 1 atom stereocenters. The number of hydrogen-bond acceptors (Lipinski definition) is 5. The van der Waals surface area contributed by atoms with Gasteiger partial charge in [-0.15, -0.1) is 11.3 Å². The van der Waals surface area contributed by atoms with E-state index in [-0.39, 0.29) is 0 Å². The Labute approximate surface area is 117 Å². The quantitative estimate of drug-likeness (QED) is 0.851. The first kappa shape index (κ1) is 14.0. The van der Waals surface area contributed by atoms with E-state index in [1.165, 1.54) is 0 Å². The number of aliphatic hydroxyl groups is 1. The van der Waals surface area contributed by atoms with Gasteiger partial charge in [-0.2, -0.15) is 0 Å². The lowest BCUT2D eigenvalue weighted by molar-refractivity contribution is 0.174. The Balaban J connectivity index is 1.85. The third-order valence-electron chi connectivity index (χ3n) is 2.76. The SMILES string of the molecule is COc1cccc(C(O)CNCc2nc(C)cs2)c1. The van der Waals surface area contributed by atoms with Gasteiger partial charge in [-0.1, -0.05) is 12.1 Å². The van der Waals surface area contributed by atoms with Crippen LogP contribution in [0.4, 0.5) is 0 Å². The van der Waals surface area contributed by atoms with E-state index in [9.17, 15) is 5.11 Å². The maximum Gasteiger partial charge on any atom is 0.119 e. The average molecular weight is 278 g/mol. The Morgan fingerprint density at radius 3 is 3.00 bits per heavy atom. The van der Waals surface area contributed by atoms with Crippen LogP contribution in [0.3, 0.4) is 0 Å². The van der Waals surface area contributed by atoms with Crippen LogP contribution in [0.25, 0.3) is 0 Å². The second-order valence-electron chi connectivity index (χ2n) is 4.31. The van der Waals surface area contributed by atoms with Crippen molar-refractivity contribution in [1.82, 2.24) is 10.3 Å². The van der Waals surface area contributed by atoms with Gasteiger partial charge in [0.15, 0.2) is 0 Å². The van der Waals surface area contributed by atoms with Crippen LogP contribution in [0.15, 0.2) is 29.6 Å². The van der Waals surface area contributed by atoms with Crippen LogP contribution in [-0.2, 0) is 6.54 Å². The van der Waals surface area contributed by atoms with Gasteiger partial charge in [-0.3, -0.25) is 0 Å². The summed E-state index contributed by atoms with van der Waals surface area (Å²) in [6, 6.07) is 7.48. The zero-order valence-corrected chi connectivity index (χ0v) is 11.9. The van der Waals surface area contributed by atoms with Crippen molar-refractivity contribution in [2.45, 2.75) is 19.6 Å². The maximum atomic E-state index is 10.1. The van der Waals surface area contributed by atoms with Gasteiger partial charge in [-0.05, 0) is 24.6 Å². The summed E-state index contributed by atoms with van der Waals surface area (Å²) in [6.45, 7) is 3.15. The summed E-state index contributed by atoms with van der Waals surface area (Å²) in [5.74, 6) is 0.757. The zero-order valence-electron chi connectivity index (χ0n) is 11.1. The van der Waals surface area contributed by atoms with E-state index in [1.807, 2.05) is 36.6 Å². The van der Waals surface area contributed by atoms with Gasteiger partial charge in [0.25, 0.3) is 0 Å². The molecular formula is C14H18N2O2S. The predicted molar refractivity (Wildman–Crippen MR) is 76.5 cm³/mol. The molecule has 2 aromatic rings. The molecule has 0 bridgehead atoms. The van der Waals surface area contributed by atoms with Crippen LogP contribution in [0.2, 0.25) is 0 Å². The first-order chi connectivity index (χ1) is 9.19. The van der Waals surface area contributed by atoms with Gasteiger partial charge >= 0.3 is 0 Å². The minimum absolute atomic E-state index is 0.492.